The smallest absolute Gasteiger partial charge is 0.341 e. The maximum atomic E-state index is 13.2. The van der Waals surface area contributed by atoms with E-state index in [-0.39, 0.29) is 34.5 Å². The van der Waals surface area contributed by atoms with Crippen molar-refractivity contribution in [2.75, 3.05) is 25.6 Å². The fourth-order valence-corrected chi connectivity index (χ4v) is 4.62. The summed E-state index contributed by atoms with van der Waals surface area (Å²) in [6, 6.07) is 7.09. The molecule has 0 amide bonds. The fraction of sp³-hybridized carbons (Fsp3) is 0.435. The van der Waals surface area contributed by atoms with Crippen LogP contribution in [0.1, 0.15) is 54.4 Å². The number of nitrogen functional groups attached to an aromatic ring is 1. The molecule has 0 bridgehead atoms. The average Bonchev–Trinajstić information content (AvgIpc) is 3.22. The Bertz CT molecular complexity index is 1220. The van der Waals surface area contributed by atoms with Gasteiger partial charge in [0.2, 0.25) is 11.1 Å². The normalized spacial score (nSPS) is 18.7. The molecule has 1 saturated heterocycles. The summed E-state index contributed by atoms with van der Waals surface area (Å²) in [4.78, 5) is 29.5. The van der Waals surface area contributed by atoms with E-state index in [1.165, 1.54) is 6.07 Å². The van der Waals surface area contributed by atoms with E-state index in [0.717, 1.165) is 31.2 Å². The summed E-state index contributed by atoms with van der Waals surface area (Å²) < 4.78 is 22.5. The van der Waals surface area contributed by atoms with Crippen molar-refractivity contribution in [2.24, 2.45) is 0 Å². The van der Waals surface area contributed by atoms with Crippen LogP contribution in [0.4, 0.5) is 5.82 Å². The summed E-state index contributed by atoms with van der Waals surface area (Å²) >= 11 is 0. The number of aromatic nitrogens is 1. The molecule has 5 rings (SSSR count). The third-order valence-electron chi connectivity index (χ3n) is 6.24. The van der Waals surface area contributed by atoms with Crippen molar-refractivity contribution in [2.45, 2.75) is 44.3 Å². The second-order valence-electron chi connectivity index (χ2n) is 8.06. The molecule has 8 heteroatoms. The molecule has 3 aromatic rings. The molecule has 2 N–H and O–H groups in total. The molecule has 0 radical (unpaired) electrons. The van der Waals surface area contributed by atoms with E-state index in [0.29, 0.717) is 30.1 Å². The van der Waals surface area contributed by atoms with Gasteiger partial charge in [0, 0.05) is 12.8 Å². The minimum atomic E-state index is -0.616. The van der Waals surface area contributed by atoms with Gasteiger partial charge in [0.25, 0.3) is 0 Å². The van der Waals surface area contributed by atoms with Crippen molar-refractivity contribution in [1.82, 2.24) is 4.98 Å². The highest BCUT2D eigenvalue weighted by Crippen LogP contribution is 2.42. The van der Waals surface area contributed by atoms with E-state index in [1.54, 1.807) is 13.0 Å². The molecule has 8 nitrogen and oxygen atoms in total. The van der Waals surface area contributed by atoms with Crippen molar-refractivity contribution in [3.8, 4) is 0 Å². The summed E-state index contributed by atoms with van der Waals surface area (Å²) in [6.07, 6.45) is 3.54. The highest BCUT2D eigenvalue weighted by Gasteiger charge is 2.40. The van der Waals surface area contributed by atoms with Crippen LogP contribution in [0.5, 0.6) is 0 Å². The molecule has 2 aromatic heterocycles. The maximum absolute atomic E-state index is 13.2. The lowest BCUT2D eigenvalue weighted by Gasteiger charge is -2.35. The molecule has 1 aliphatic heterocycles. The van der Waals surface area contributed by atoms with E-state index in [9.17, 15) is 9.59 Å². The van der Waals surface area contributed by atoms with Crippen LogP contribution >= 0.6 is 0 Å². The van der Waals surface area contributed by atoms with Crippen molar-refractivity contribution in [1.29, 1.82) is 0 Å². The summed E-state index contributed by atoms with van der Waals surface area (Å²) in [5.41, 5.74) is 7.33. The third-order valence-corrected chi connectivity index (χ3v) is 6.24. The molecule has 3 heterocycles. The van der Waals surface area contributed by atoms with Crippen LogP contribution in [-0.2, 0) is 14.2 Å². The number of ether oxygens (including phenoxy) is 3. The van der Waals surface area contributed by atoms with Gasteiger partial charge in [0.05, 0.1) is 30.6 Å². The molecule has 31 heavy (non-hydrogen) atoms. The number of carbonyl (C=O) groups is 1. The van der Waals surface area contributed by atoms with Gasteiger partial charge in [-0.15, -0.1) is 0 Å². The predicted molar refractivity (Wildman–Crippen MR) is 114 cm³/mol. The average molecular weight is 424 g/mol. The molecule has 0 atom stereocenters. The molecule has 162 valence electrons. The summed E-state index contributed by atoms with van der Waals surface area (Å²) in [7, 11) is 0. The Hall–Kier alpha value is -2.97. The lowest BCUT2D eigenvalue weighted by Crippen LogP contribution is -2.34. The van der Waals surface area contributed by atoms with Gasteiger partial charge in [-0.3, -0.25) is 4.79 Å². The van der Waals surface area contributed by atoms with Crippen LogP contribution in [0, 0.1) is 0 Å². The second kappa shape index (κ2) is 7.62. The monoisotopic (exact) mass is 424 g/mol. The van der Waals surface area contributed by atoms with Gasteiger partial charge in [0.15, 0.2) is 5.79 Å². The van der Waals surface area contributed by atoms with Gasteiger partial charge in [-0.25, -0.2) is 4.79 Å². The van der Waals surface area contributed by atoms with Gasteiger partial charge in [0.1, 0.15) is 17.0 Å². The number of hydrogen-bond donors (Lipinski definition) is 1. The van der Waals surface area contributed by atoms with Crippen molar-refractivity contribution >= 4 is 33.9 Å². The van der Waals surface area contributed by atoms with Crippen LogP contribution in [0.2, 0.25) is 0 Å². The molecule has 2 fully saturated rings. The molecule has 1 spiro atoms. The number of nitrogens with two attached hydrogens (primary N) is 1. The number of rotatable bonds is 3. The van der Waals surface area contributed by atoms with Crippen molar-refractivity contribution in [3.63, 3.8) is 0 Å². The van der Waals surface area contributed by atoms with Gasteiger partial charge in [-0.1, -0.05) is 6.07 Å². The summed E-state index contributed by atoms with van der Waals surface area (Å²) in [5, 5.41) is 0.664. The Morgan fingerprint density at radius 3 is 2.65 bits per heavy atom. The van der Waals surface area contributed by atoms with Gasteiger partial charge in [-0.05, 0) is 49.4 Å². The minimum absolute atomic E-state index is 0.0300. The van der Waals surface area contributed by atoms with Crippen molar-refractivity contribution in [3.05, 3.63) is 45.6 Å². The SMILES string of the molecule is CCOC(=O)c1cc2c(=O)c3cc(C4CCC5(CC4)OCCO5)ccc3oc2nc1N. The van der Waals surface area contributed by atoms with Crippen LogP contribution < -0.4 is 11.2 Å². The van der Waals surface area contributed by atoms with Gasteiger partial charge in [-0.2, -0.15) is 4.98 Å². The Morgan fingerprint density at radius 1 is 1.19 bits per heavy atom. The zero-order valence-electron chi connectivity index (χ0n) is 17.3. The highest BCUT2D eigenvalue weighted by molar-refractivity contribution is 5.99. The summed E-state index contributed by atoms with van der Waals surface area (Å²) in [5.74, 6) is -0.747. The zero-order valence-corrected chi connectivity index (χ0v) is 17.3. The number of hydrogen-bond acceptors (Lipinski definition) is 8. The molecule has 0 unspecified atom stereocenters. The Labute approximate surface area is 178 Å². The fourth-order valence-electron chi connectivity index (χ4n) is 4.62. The number of benzene rings is 1. The Kier molecular flexibility index (Phi) is 4.91. The first-order valence-electron chi connectivity index (χ1n) is 10.6. The standard InChI is InChI=1S/C23H24N2O6/c1-2-28-22(27)17-12-16-19(26)15-11-14(3-4-18(15)31-21(16)25-20(17)24)13-5-7-23(8-6-13)29-9-10-30-23/h3-4,11-13H,2,5-10H2,1H3,(H2,24,25). The predicted octanol–water partition coefficient (Wildman–Crippen LogP) is 3.50. The second-order valence-corrected chi connectivity index (χ2v) is 8.06. The van der Waals surface area contributed by atoms with E-state index in [4.69, 9.17) is 24.4 Å². The molecular weight excluding hydrogens is 400 g/mol. The number of pyridine rings is 1. The third kappa shape index (κ3) is 3.45. The number of fused-ring (bicyclic) bond motifs is 2. The number of carbonyl (C=O) groups excluding carboxylic acids is 1. The highest BCUT2D eigenvalue weighted by atomic mass is 16.7. The zero-order chi connectivity index (χ0) is 21.6. The number of anilines is 1. The Balaban J connectivity index is 1.52. The topological polar surface area (TPSA) is 114 Å². The largest absolute Gasteiger partial charge is 0.462 e. The van der Waals surface area contributed by atoms with Crippen LogP contribution in [-0.4, -0.2) is 36.6 Å². The molecule has 2 aliphatic rings. The first-order valence-corrected chi connectivity index (χ1v) is 10.6. The van der Waals surface area contributed by atoms with E-state index in [2.05, 4.69) is 4.98 Å². The minimum Gasteiger partial charge on any atom is -0.462 e. The van der Waals surface area contributed by atoms with Crippen molar-refractivity contribution < 1.29 is 23.4 Å². The first kappa shape index (κ1) is 20.0. The van der Waals surface area contributed by atoms with Gasteiger partial charge >= 0.3 is 5.97 Å². The lowest BCUT2D eigenvalue weighted by molar-refractivity contribution is -0.178. The quantitative estimate of drug-likeness (QED) is 0.502. The maximum Gasteiger partial charge on any atom is 0.341 e. The molecule has 1 saturated carbocycles. The van der Waals surface area contributed by atoms with E-state index < -0.39 is 11.8 Å². The summed E-state index contributed by atoms with van der Waals surface area (Å²) in [6.45, 7) is 3.21. The van der Waals surface area contributed by atoms with E-state index >= 15 is 0 Å². The number of nitrogens with zero attached hydrogens (tertiary/aromatic N) is 1. The number of esters is 1. The molecular formula is C23H24N2O6. The van der Waals surface area contributed by atoms with E-state index in [1.807, 2.05) is 12.1 Å². The van der Waals surface area contributed by atoms with Gasteiger partial charge < -0.3 is 24.4 Å². The van der Waals surface area contributed by atoms with Crippen LogP contribution in [0.15, 0.2) is 33.5 Å². The molecule has 1 aromatic carbocycles. The molecule has 1 aliphatic carbocycles. The Morgan fingerprint density at radius 2 is 1.94 bits per heavy atom. The lowest BCUT2D eigenvalue weighted by atomic mass is 9.80. The first-order chi connectivity index (χ1) is 15.0. The van der Waals surface area contributed by atoms with Crippen LogP contribution in [0.25, 0.3) is 22.1 Å². The van der Waals surface area contributed by atoms with Crippen LogP contribution in [0.3, 0.4) is 0 Å².